The van der Waals surface area contributed by atoms with Crippen molar-refractivity contribution in [1.82, 2.24) is 5.01 Å². The number of phenols is 1. The molecule has 2 N–H and O–H groups in total. The number of aliphatic hydroxyl groups excluding tert-OH is 1. The Morgan fingerprint density at radius 2 is 2.19 bits per heavy atom. The lowest BCUT2D eigenvalue weighted by atomic mass is 10.1. The molecule has 0 heterocycles. The molecule has 0 aromatic heterocycles. The summed E-state index contributed by atoms with van der Waals surface area (Å²) >= 11 is 0. The van der Waals surface area contributed by atoms with Crippen molar-refractivity contribution in [3.8, 4) is 5.75 Å². The topological polar surface area (TPSA) is 56.1 Å². The minimum atomic E-state index is -0.803. The normalized spacial score (nSPS) is 12.6. The van der Waals surface area contributed by atoms with Crippen molar-refractivity contribution in [3.05, 3.63) is 42.6 Å². The predicted molar refractivity (Wildman–Crippen MR) is 64.1 cm³/mol. The van der Waals surface area contributed by atoms with Gasteiger partial charge in [0.2, 0.25) is 0 Å². The number of benzene rings is 1. The van der Waals surface area contributed by atoms with Crippen LogP contribution in [0.15, 0.2) is 42.1 Å². The van der Waals surface area contributed by atoms with Crippen LogP contribution in [0.1, 0.15) is 18.6 Å². The Hall–Kier alpha value is -1.81. The third-order valence-electron chi connectivity index (χ3n) is 2.13. The highest BCUT2D eigenvalue weighted by Gasteiger charge is 2.13. The van der Waals surface area contributed by atoms with Crippen molar-refractivity contribution in [1.29, 1.82) is 0 Å². The average molecular weight is 220 g/mol. The maximum absolute atomic E-state index is 9.91. The predicted octanol–water partition coefficient (Wildman–Crippen LogP) is 1.88. The first-order valence-corrected chi connectivity index (χ1v) is 5.02. The van der Waals surface area contributed by atoms with Crippen molar-refractivity contribution in [2.24, 2.45) is 5.10 Å². The zero-order valence-corrected chi connectivity index (χ0v) is 9.24. The quantitative estimate of drug-likeness (QED) is 0.588. The van der Waals surface area contributed by atoms with Gasteiger partial charge in [-0.2, -0.15) is 5.10 Å². The van der Waals surface area contributed by atoms with Crippen molar-refractivity contribution < 1.29 is 10.2 Å². The maximum atomic E-state index is 9.91. The number of rotatable bonds is 5. The second-order valence-corrected chi connectivity index (χ2v) is 3.25. The molecule has 0 aliphatic heterocycles. The summed E-state index contributed by atoms with van der Waals surface area (Å²) < 4.78 is 0. The second kappa shape index (κ2) is 5.92. The lowest BCUT2D eigenvalue weighted by molar-refractivity contribution is 0.135. The summed E-state index contributed by atoms with van der Waals surface area (Å²) in [6, 6.07) is 6.69. The Balaban J connectivity index is 2.75. The summed E-state index contributed by atoms with van der Waals surface area (Å²) in [5, 5.41) is 25.0. The molecule has 86 valence electrons. The highest BCUT2D eigenvalue weighted by atomic mass is 16.3. The molecule has 1 unspecified atom stereocenters. The molecule has 0 saturated heterocycles. The number of phenolic OH excluding ortho intramolecular Hbond substituents is 1. The summed E-state index contributed by atoms with van der Waals surface area (Å²) in [6.07, 6.45) is 2.32. The van der Waals surface area contributed by atoms with Gasteiger partial charge in [-0.15, -0.1) is 0 Å². The van der Waals surface area contributed by atoms with Crippen LogP contribution in [0.3, 0.4) is 0 Å². The number of nitrogens with zero attached hydrogens (tertiary/aromatic N) is 2. The Morgan fingerprint density at radius 1 is 1.50 bits per heavy atom. The summed E-state index contributed by atoms with van der Waals surface area (Å²) in [7, 11) is 0. The van der Waals surface area contributed by atoms with E-state index in [4.69, 9.17) is 0 Å². The number of hydrogen-bond donors (Lipinski definition) is 2. The van der Waals surface area contributed by atoms with Crippen molar-refractivity contribution in [3.63, 3.8) is 0 Å². The van der Waals surface area contributed by atoms with Crippen LogP contribution in [-0.4, -0.2) is 28.0 Å². The van der Waals surface area contributed by atoms with Crippen molar-refractivity contribution in [2.75, 3.05) is 6.54 Å². The zero-order valence-electron chi connectivity index (χ0n) is 9.24. The van der Waals surface area contributed by atoms with Crippen LogP contribution in [0.2, 0.25) is 0 Å². The summed E-state index contributed by atoms with van der Waals surface area (Å²) in [4.78, 5) is 0. The SMILES string of the molecule is C=CN(CC(O)c1ccccc1O)/N=C\C. The standard InChI is InChI=1S/C12H16N2O2/c1-3-13-14(4-2)9-12(16)10-7-5-6-8-11(10)15/h3-8,12,15-16H,2,9H2,1H3/b13-3-. The maximum Gasteiger partial charge on any atom is 0.121 e. The Bertz CT molecular complexity index is 377. The molecule has 0 bridgehead atoms. The third-order valence-corrected chi connectivity index (χ3v) is 2.13. The highest BCUT2D eigenvalue weighted by molar-refractivity contribution is 5.52. The van der Waals surface area contributed by atoms with Crippen LogP contribution >= 0.6 is 0 Å². The van der Waals surface area contributed by atoms with Crippen LogP contribution in [0, 0.1) is 0 Å². The molecule has 1 atom stereocenters. The van der Waals surface area contributed by atoms with Crippen LogP contribution in [-0.2, 0) is 0 Å². The molecule has 1 aromatic carbocycles. The third kappa shape index (κ3) is 3.10. The highest BCUT2D eigenvalue weighted by Crippen LogP contribution is 2.24. The Morgan fingerprint density at radius 3 is 2.75 bits per heavy atom. The summed E-state index contributed by atoms with van der Waals surface area (Å²) in [5.74, 6) is 0.0829. The molecule has 16 heavy (non-hydrogen) atoms. The summed E-state index contributed by atoms with van der Waals surface area (Å²) in [5.41, 5.74) is 0.487. The minimum absolute atomic E-state index is 0.0829. The van der Waals surface area contributed by atoms with E-state index in [1.165, 1.54) is 11.2 Å². The molecule has 1 aromatic rings. The smallest absolute Gasteiger partial charge is 0.121 e. The van der Waals surface area contributed by atoms with E-state index in [9.17, 15) is 10.2 Å². The fourth-order valence-corrected chi connectivity index (χ4v) is 1.36. The van der Waals surface area contributed by atoms with E-state index >= 15 is 0 Å². The fourth-order valence-electron chi connectivity index (χ4n) is 1.36. The van der Waals surface area contributed by atoms with Gasteiger partial charge in [0.15, 0.2) is 0 Å². The molecule has 0 spiro atoms. The molecule has 1 rings (SSSR count). The molecule has 0 aliphatic rings. The van der Waals surface area contributed by atoms with E-state index in [1.54, 1.807) is 37.4 Å². The van der Waals surface area contributed by atoms with Gasteiger partial charge in [0, 0.05) is 18.0 Å². The number of aromatic hydroxyl groups is 1. The van der Waals surface area contributed by atoms with Gasteiger partial charge in [-0.05, 0) is 13.0 Å². The average Bonchev–Trinajstić information content (AvgIpc) is 2.28. The first-order chi connectivity index (χ1) is 7.69. The first-order valence-electron chi connectivity index (χ1n) is 5.02. The van der Waals surface area contributed by atoms with E-state index in [-0.39, 0.29) is 12.3 Å². The number of para-hydroxylation sites is 1. The lowest BCUT2D eigenvalue weighted by Gasteiger charge is -2.18. The molecule has 0 amide bonds. The molecular weight excluding hydrogens is 204 g/mol. The zero-order chi connectivity index (χ0) is 12.0. The molecular formula is C12H16N2O2. The lowest BCUT2D eigenvalue weighted by Crippen LogP contribution is -2.18. The molecule has 0 aliphatic carbocycles. The van der Waals surface area contributed by atoms with Crippen molar-refractivity contribution in [2.45, 2.75) is 13.0 Å². The van der Waals surface area contributed by atoms with E-state index in [1.807, 2.05) is 0 Å². The number of hydrazone groups is 1. The van der Waals surface area contributed by atoms with Gasteiger partial charge >= 0.3 is 0 Å². The molecule has 0 saturated carbocycles. The van der Waals surface area contributed by atoms with E-state index in [0.717, 1.165) is 0 Å². The van der Waals surface area contributed by atoms with Crippen molar-refractivity contribution >= 4 is 6.21 Å². The monoisotopic (exact) mass is 220 g/mol. The van der Waals surface area contributed by atoms with Crippen LogP contribution in [0.25, 0.3) is 0 Å². The van der Waals surface area contributed by atoms with Gasteiger partial charge in [0.25, 0.3) is 0 Å². The van der Waals surface area contributed by atoms with E-state index in [2.05, 4.69) is 11.7 Å². The first kappa shape index (κ1) is 12.3. The molecule has 0 radical (unpaired) electrons. The largest absolute Gasteiger partial charge is 0.508 e. The van der Waals surface area contributed by atoms with Crippen LogP contribution < -0.4 is 0 Å². The Kier molecular flexibility index (Phi) is 4.54. The molecule has 0 fully saturated rings. The minimum Gasteiger partial charge on any atom is -0.508 e. The molecule has 4 heteroatoms. The summed E-state index contributed by atoms with van der Waals surface area (Å²) in [6.45, 7) is 5.62. The van der Waals surface area contributed by atoms with Gasteiger partial charge in [-0.1, -0.05) is 24.8 Å². The van der Waals surface area contributed by atoms with E-state index in [0.29, 0.717) is 5.56 Å². The van der Waals surface area contributed by atoms with E-state index < -0.39 is 6.10 Å². The van der Waals surface area contributed by atoms with Gasteiger partial charge in [0.1, 0.15) is 11.9 Å². The number of aliphatic hydroxyl groups is 1. The van der Waals surface area contributed by atoms with Gasteiger partial charge in [0.05, 0.1) is 6.54 Å². The van der Waals surface area contributed by atoms with Crippen LogP contribution in [0.5, 0.6) is 5.75 Å². The second-order valence-electron chi connectivity index (χ2n) is 3.25. The van der Waals surface area contributed by atoms with Gasteiger partial charge in [-0.25, -0.2) is 0 Å². The van der Waals surface area contributed by atoms with Crippen LogP contribution in [0.4, 0.5) is 0 Å². The number of hydrogen-bond acceptors (Lipinski definition) is 4. The Labute approximate surface area is 95.1 Å². The molecule has 4 nitrogen and oxygen atoms in total. The fraction of sp³-hybridized carbons (Fsp3) is 0.250. The van der Waals surface area contributed by atoms with Gasteiger partial charge in [-0.3, -0.25) is 5.01 Å². The van der Waals surface area contributed by atoms with Gasteiger partial charge < -0.3 is 10.2 Å².